The number of hydrogen-bond acceptors (Lipinski definition) is 2. The molecule has 0 N–H and O–H groups in total. The van der Waals surface area contributed by atoms with Crippen LogP contribution in [-0.2, 0) is 6.54 Å². The Kier molecular flexibility index (Phi) is 4.42. The van der Waals surface area contributed by atoms with Crippen LogP contribution in [0.1, 0.15) is 16.2 Å². The van der Waals surface area contributed by atoms with Gasteiger partial charge in [-0.25, -0.2) is 9.37 Å². The number of hydrogen-bond donors (Lipinski definition) is 0. The smallest absolute Gasteiger partial charge is 0.256 e. The lowest BCUT2D eigenvalue weighted by Gasteiger charge is -2.18. The van der Waals surface area contributed by atoms with Crippen LogP contribution in [0.5, 0.6) is 0 Å². The van der Waals surface area contributed by atoms with Crippen molar-refractivity contribution in [1.29, 1.82) is 0 Å². The van der Waals surface area contributed by atoms with Gasteiger partial charge in [0.2, 0.25) is 0 Å². The molecule has 0 saturated heterocycles. The number of benzene rings is 3. The molecule has 4 aromatic rings. The molecule has 4 rings (SSSR count). The SMILES string of the molecule is CN(Cc1nc2ccccc2n1-c1ccccc1)C(=O)c1ccccc1F. The van der Waals surface area contributed by atoms with Crippen LogP contribution < -0.4 is 0 Å². The van der Waals surface area contributed by atoms with E-state index in [0.717, 1.165) is 22.5 Å². The van der Waals surface area contributed by atoms with Gasteiger partial charge in [0.15, 0.2) is 0 Å². The largest absolute Gasteiger partial charge is 0.334 e. The Hall–Kier alpha value is -3.47. The molecule has 27 heavy (non-hydrogen) atoms. The third-order valence-corrected chi connectivity index (χ3v) is 4.47. The monoisotopic (exact) mass is 359 g/mol. The van der Waals surface area contributed by atoms with E-state index >= 15 is 0 Å². The van der Waals surface area contributed by atoms with Crippen molar-refractivity contribution < 1.29 is 9.18 Å². The van der Waals surface area contributed by atoms with Crippen LogP contribution in [0.25, 0.3) is 16.7 Å². The summed E-state index contributed by atoms with van der Waals surface area (Å²) in [5.41, 5.74) is 2.84. The van der Waals surface area contributed by atoms with Crippen molar-refractivity contribution in [2.75, 3.05) is 7.05 Å². The number of carbonyl (C=O) groups excluding carboxylic acids is 1. The molecule has 0 aliphatic rings. The van der Waals surface area contributed by atoms with E-state index in [1.54, 1.807) is 19.2 Å². The van der Waals surface area contributed by atoms with Crippen LogP contribution in [0.3, 0.4) is 0 Å². The van der Waals surface area contributed by atoms with E-state index < -0.39 is 5.82 Å². The summed E-state index contributed by atoms with van der Waals surface area (Å²) in [6, 6.07) is 23.7. The highest BCUT2D eigenvalue weighted by molar-refractivity contribution is 5.94. The van der Waals surface area contributed by atoms with E-state index in [2.05, 4.69) is 0 Å². The molecular formula is C22H18FN3O. The molecular weight excluding hydrogens is 341 g/mol. The zero-order valence-corrected chi connectivity index (χ0v) is 14.8. The molecule has 0 atom stereocenters. The Morgan fingerprint density at radius 2 is 1.63 bits per heavy atom. The van der Waals surface area contributed by atoms with Gasteiger partial charge in [0.05, 0.1) is 23.1 Å². The minimum atomic E-state index is -0.522. The van der Waals surface area contributed by atoms with Crippen molar-refractivity contribution in [3.05, 3.63) is 96.1 Å². The number of carbonyl (C=O) groups is 1. The lowest BCUT2D eigenvalue weighted by Crippen LogP contribution is -2.28. The maximum atomic E-state index is 14.0. The predicted molar refractivity (Wildman–Crippen MR) is 103 cm³/mol. The Morgan fingerprint density at radius 1 is 0.963 bits per heavy atom. The first-order valence-corrected chi connectivity index (χ1v) is 8.67. The van der Waals surface area contributed by atoms with Crippen molar-refractivity contribution >= 4 is 16.9 Å². The molecule has 1 amide bonds. The third kappa shape index (κ3) is 3.19. The Balaban J connectivity index is 1.74. The van der Waals surface area contributed by atoms with Gasteiger partial charge in [-0.05, 0) is 36.4 Å². The van der Waals surface area contributed by atoms with Gasteiger partial charge in [0.25, 0.3) is 5.91 Å². The predicted octanol–water partition coefficient (Wildman–Crippen LogP) is 4.44. The van der Waals surface area contributed by atoms with E-state index in [0.29, 0.717) is 0 Å². The molecule has 0 aliphatic carbocycles. The van der Waals surface area contributed by atoms with Gasteiger partial charge in [0.1, 0.15) is 11.6 Å². The second-order valence-electron chi connectivity index (χ2n) is 6.33. The highest BCUT2D eigenvalue weighted by atomic mass is 19.1. The van der Waals surface area contributed by atoms with Crippen molar-refractivity contribution in [1.82, 2.24) is 14.5 Å². The number of para-hydroxylation sites is 3. The minimum Gasteiger partial charge on any atom is -0.334 e. The van der Waals surface area contributed by atoms with Gasteiger partial charge in [-0.3, -0.25) is 9.36 Å². The van der Waals surface area contributed by atoms with Crippen molar-refractivity contribution in [3.63, 3.8) is 0 Å². The van der Waals surface area contributed by atoms with Crippen LogP contribution in [0, 0.1) is 5.82 Å². The Labute approximate surface area is 156 Å². The normalized spacial score (nSPS) is 10.9. The summed E-state index contributed by atoms with van der Waals surface area (Å²) < 4.78 is 16.0. The van der Waals surface area contributed by atoms with Crippen LogP contribution in [0.4, 0.5) is 4.39 Å². The van der Waals surface area contributed by atoms with E-state index in [1.807, 2.05) is 59.2 Å². The summed E-state index contributed by atoms with van der Waals surface area (Å²) in [4.78, 5) is 18.9. The third-order valence-electron chi connectivity index (χ3n) is 4.47. The number of imidazole rings is 1. The summed E-state index contributed by atoms with van der Waals surface area (Å²) in [5.74, 6) is -0.180. The number of rotatable bonds is 4. The first kappa shape index (κ1) is 17.0. The first-order chi connectivity index (χ1) is 13.1. The molecule has 1 aromatic heterocycles. The van der Waals surface area contributed by atoms with Crippen LogP contribution in [0.15, 0.2) is 78.9 Å². The summed E-state index contributed by atoms with van der Waals surface area (Å²) in [5, 5.41) is 0. The highest BCUT2D eigenvalue weighted by Crippen LogP contribution is 2.22. The standard InChI is InChI=1S/C22H18FN3O/c1-25(22(27)17-11-5-6-12-18(17)23)15-21-24-19-13-7-8-14-20(19)26(21)16-9-3-2-4-10-16/h2-14H,15H2,1H3. The van der Waals surface area contributed by atoms with Gasteiger partial charge < -0.3 is 4.90 Å². The minimum absolute atomic E-state index is 0.0578. The zero-order valence-electron chi connectivity index (χ0n) is 14.8. The average Bonchev–Trinajstić information content (AvgIpc) is 3.06. The molecule has 0 saturated carbocycles. The van der Waals surface area contributed by atoms with E-state index in [-0.39, 0.29) is 18.0 Å². The number of fused-ring (bicyclic) bond motifs is 1. The van der Waals surface area contributed by atoms with Gasteiger partial charge in [-0.15, -0.1) is 0 Å². The van der Waals surface area contributed by atoms with Gasteiger partial charge >= 0.3 is 0 Å². The molecule has 0 aliphatic heterocycles. The van der Waals surface area contributed by atoms with Crippen LogP contribution >= 0.6 is 0 Å². The maximum Gasteiger partial charge on any atom is 0.256 e. The molecule has 0 fully saturated rings. The lowest BCUT2D eigenvalue weighted by atomic mass is 10.2. The fraction of sp³-hybridized carbons (Fsp3) is 0.0909. The van der Waals surface area contributed by atoms with Crippen LogP contribution in [-0.4, -0.2) is 27.4 Å². The summed E-state index contributed by atoms with van der Waals surface area (Å²) >= 11 is 0. The first-order valence-electron chi connectivity index (χ1n) is 8.67. The second kappa shape index (κ2) is 7.03. The van der Waals surface area contributed by atoms with E-state index in [4.69, 9.17) is 4.98 Å². The number of aromatic nitrogens is 2. The molecule has 0 bridgehead atoms. The van der Waals surface area contributed by atoms with E-state index in [1.165, 1.54) is 17.0 Å². The maximum absolute atomic E-state index is 14.0. The topological polar surface area (TPSA) is 38.1 Å². The number of amides is 1. The molecule has 1 heterocycles. The molecule has 4 nitrogen and oxygen atoms in total. The van der Waals surface area contributed by atoms with Crippen molar-refractivity contribution in [2.45, 2.75) is 6.54 Å². The van der Waals surface area contributed by atoms with Gasteiger partial charge in [-0.1, -0.05) is 42.5 Å². The lowest BCUT2D eigenvalue weighted by molar-refractivity contribution is 0.0776. The Morgan fingerprint density at radius 3 is 2.41 bits per heavy atom. The molecule has 0 unspecified atom stereocenters. The van der Waals surface area contributed by atoms with Gasteiger partial charge in [0, 0.05) is 12.7 Å². The second-order valence-corrected chi connectivity index (χ2v) is 6.33. The average molecular weight is 359 g/mol. The molecule has 0 spiro atoms. The fourth-order valence-electron chi connectivity index (χ4n) is 3.17. The molecule has 3 aromatic carbocycles. The number of nitrogens with zero attached hydrogens (tertiary/aromatic N) is 3. The van der Waals surface area contributed by atoms with Crippen molar-refractivity contribution in [3.8, 4) is 5.69 Å². The highest BCUT2D eigenvalue weighted by Gasteiger charge is 2.19. The van der Waals surface area contributed by atoms with E-state index in [9.17, 15) is 9.18 Å². The van der Waals surface area contributed by atoms with Gasteiger partial charge in [-0.2, -0.15) is 0 Å². The summed E-state index contributed by atoms with van der Waals surface area (Å²) in [7, 11) is 1.66. The number of halogens is 1. The van der Waals surface area contributed by atoms with Crippen molar-refractivity contribution in [2.24, 2.45) is 0 Å². The fourth-order valence-corrected chi connectivity index (χ4v) is 3.17. The quantitative estimate of drug-likeness (QED) is 0.540. The molecule has 134 valence electrons. The summed E-state index contributed by atoms with van der Waals surface area (Å²) in [6.45, 7) is 0.261. The Bertz CT molecular complexity index is 1100. The van der Waals surface area contributed by atoms with Crippen LogP contribution in [0.2, 0.25) is 0 Å². The summed E-state index contributed by atoms with van der Waals surface area (Å²) in [6.07, 6.45) is 0. The molecule has 5 heteroatoms. The molecule has 0 radical (unpaired) electrons. The zero-order chi connectivity index (χ0) is 18.8.